The first kappa shape index (κ1) is 15.4. The van der Waals surface area contributed by atoms with Gasteiger partial charge in [-0.15, -0.1) is 0 Å². The molecule has 3 aromatic rings. The molecule has 128 valence electrons. The number of carbonyl (C=O) groups is 1. The van der Waals surface area contributed by atoms with Crippen LogP contribution in [0.15, 0.2) is 49.2 Å². The van der Waals surface area contributed by atoms with Gasteiger partial charge in [0.05, 0.1) is 37.6 Å². The summed E-state index contributed by atoms with van der Waals surface area (Å²) in [5.74, 6) is 0.890. The first-order chi connectivity index (χ1) is 12.2. The van der Waals surface area contributed by atoms with Gasteiger partial charge in [0.25, 0.3) is 0 Å². The SMILES string of the molecule is COc1ccc(N2CC(n3cncc3-c3cnn(C)c3)CC2=O)cc1. The number of ether oxygens (including phenoxy) is 1. The second kappa shape index (κ2) is 6.08. The van der Waals surface area contributed by atoms with Crippen molar-refractivity contribution < 1.29 is 9.53 Å². The van der Waals surface area contributed by atoms with Crippen LogP contribution in [-0.4, -0.2) is 38.9 Å². The molecule has 0 bridgehead atoms. The van der Waals surface area contributed by atoms with Gasteiger partial charge in [0.1, 0.15) is 5.75 Å². The van der Waals surface area contributed by atoms with Crippen molar-refractivity contribution in [3.63, 3.8) is 0 Å². The average Bonchev–Trinajstić information content (AvgIpc) is 3.34. The third-order valence-corrected chi connectivity index (χ3v) is 4.55. The number of aromatic nitrogens is 4. The minimum absolute atomic E-state index is 0.0484. The second-order valence-electron chi connectivity index (χ2n) is 6.15. The number of methoxy groups -OCH3 is 1. The first-order valence-electron chi connectivity index (χ1n) is 8.11. The Balaban J connectivity index is 1.59. The van der Waals surface area contributed by atoms with E-state index in [1.807, 2.05) is 54.8 Å². The molecule has 3 heterocycles. The Morgan fingerprint density at radius 2 is 2.00 bits per heavy atom. The number of anilines is 1. The summed E-state index contributed by atoms with van der Waals surface area (Å²) >= 11 is 0. The van der Waals surface area contributed by atoms with Gasteiger partial charge in [-0.25, -0.2) is 4.98 Å². The van der Waals surface area contributed by atoms with Gasteiger partial charge >= 0.3 is 0 Å². The van der Waals surface area contributed by atoms with Gasteiger partial charge < -0.3 is 14.2 Å². The predicted octanol–water partition coefficient (Wildman–Crippen LogP) is 2.27. The monoisotopic (exact) mass is 337 g/mol. The Labute approximate surface area is 145 Å². The molecule has 0 spiro atoms. The van der Waals surface area contributed by atoms with Gasteiger partial charge in [0.15, 0.2) is 0 Å². The summed E-state index contributed by atoms with van der Waals surface area (Å²) in [6, 6.07) is 7.61. The molecule has 1 amide bonds. The zero-order valence-corrected chi connectivity index (χ0v) is 14.2. The molecule has 1 aliphatic heterocycles. The number of amides is 1. The van der Waals surface area contributed by atoms with Crippen LogP contribution in [0.25, 0.3) is 11.3 Å². The van der Waals surface area contributed by atoms with E-state index in [4.69, 9.17) is 4.74 Å². The molecular weight excluding hydrogens is 318 g/mol. The number of aryl methyl sites for hydroxylation is 1. The lowest BCUT2D eigenvalue weighted by molar-refractivity contribution is -0.117. The Bertz CT molecular complexity index is 896. The molecule has 1 aromatic carbocycles. The highest BCUT2D eigenvalue weighted by Gasteiger charge is 2.32. The van der Waals surface area contributed by atoms with Crippen LogP contribution < -0.4 is 9.64 Å². The Hall–Kier alpha value is -3.09. The van der Waals surface area contributed by atoms with Crippen molar-refractivity contribution in [2.45, 2.75) is 12.5 Å². The van der Waals surface area contributed by atoms with Crippen LogP contribution in [0.3, 0.4) is 0 Å². The second-order valence-corrected chi connectivity index (χ2v) is 6.15. The van der Waals surface area contributed by atoms with E-state index in [1.165, 1.54) is 0 Å². The van der Waals surface area contributed by atoms with Gasteiger partial charge in [-0.2, -0.15) is 5.10 Å². The fourth-order valence-corrected chi connectivity index (χ4v) is 3.26. The summed E-state index contributed by atoms with van der Waals surface area (Å²) in [5, 5.41) is 4.22. The van der Waals surface area contributed by atoms with Crippen LogP contribution >= 0.6 is 0 Å². The fraction of sp³-hybridized carbons (Fsp3) is 0.278. The van der Waals surface area contributed by atoms with Crippen LogP contribution in [0, 0.1) is 0 Å². The zero-order chi connectivity index (χ0) is 17.4. The molecule has 1 atom stereocenters. The van der Waals surface area contributed by atoms with E-state index in [0.717, 1.165) is 22.7 Å². The highest BCUT2D eigenvalue weighted by molar-refractivity contribution is 5.96. The van der Waals surface area contributed by atoms with Gasteiger partial charge in [0.2, 0.25) is 5.91 Å². The third kappa shape index (κ3) is 2.77. The quantitative estimate of drug-likeness (QED) is 0.732. The molecule has 0 aliphatic carbocycles. The predicted molar refractivity (Wildman–Crippen MR) is 93.4 cm³/mol. The van der Waals surface area contributed by atoms with E-state index < -0.39 is 0 Å². The number of benzene rings is 1. The minimum Gasteiger partial charge on any atom is -0.497 e. The van der Waals surface area contributed by atoms with Crippen molar-refractivity contribution >= 4 is 11.6 Å². The van der Waals surface area contributed by atoms with Crippen molar-refractivity contribution in [2.75, 3.05) is 18.6 Å². The lowest BCUT2D eigenvalue weighted by atomic mass is 10.2. The minimum atomic E-state index is 0.0484. The van der Waals surface area contributed by atoms with E-state index in [9.17, 15) is 4.79 Å². The Morgan fingerprint density at radius 3 is 2.68 bits per heavy atom. The van der Waals surface area contributed by atoms with Crippen LogP contribution in [-0.2, 0) is 11.8 Å². The van der Waals surface area contributed by atoms with Crippen molar-refractivity contribution in [1.29, 1.82) is 0 Å². The first-order valence-corrected chi connectivity index (χ1v) is 8.11. The smallest absolute Gasteiger partial charge is 0.229 e. The van der Waals surface area contributed by atoms with Crippen molar-refractivity contribution in [2.24, 2.45) is 7.05 Å². The normalized spacial score (nSPS) is 17.3. The number of hydrogen-bond acceptors (Lipinski definition) is 4. The summed E-state index contributed by atoms with van der Waals surface area (Å²) in [6.45, 7) is 0.620. The third-order valence-electron chi connectivity index (χ3n) is 4.55. The van der Waals surface area contributed by atoms with Crippen molar-refractivity contribution in [1.82, 2.24) is 19.3 Å². The lowest BCUT2D eigenvalue weighted by Gasteiger charge is -2.18. The maximum Gasteiger partial charge on any atom is 0.229 e. The van der Waals surface area contributed by atoms with Gasteiger partial charge in [-0.05, 0) is 24.3 Å². The van der Waals surface area contributed by atoms with Crippen molar-refractivity contribution in [3.05, 3.63) is 49.2 Å². The number of imidazole rings is 1. The molecule has 25 heavy (non-hydrogen) atoms. The standard InChI is InChI=1S/C18H19N5O2/c1-21-10-13(8-20-21)17-9-19-12-23(17)15-7-18(24)22(11-15)14-3-5-16(25-2)6-4-14/h3-6,8-10,12,15H,7,11H2,1-2H3. The largest absolute Gasteiger partial charge is 0.497 e. The van der Waals surface area contributed by atoms with E-state index in [1.54, 1.807) is 18.1 Å². The zero-order valence-electron chi connectivity index (χ0n) is 14.2. The van der Waals surface area contributed by atoms with Gasteiger partial charge in [0, 0.05) is 37.5 Å². The summed E-state index contributed by atoms with van der Waals surface area (Å²) in [5.41, 5.74) is 2.86. The number of hydrogen-bond donors (Lipinski definition) is 0. The van der Waals surface area contributed by atoms with Gasteiger partial charge in [-0.1, -0.05) is 0 Å². The summed E-state index contributed by atoms with van der Waals surface area (Å²) in [4.78, 5) is 18.6. The Kier molecular flexibility index (Phi) is 3.76. The molecule has 0 N–H and O–H groups in total. The van der Waals surface area contributed by atoms with Crippen LogP contribution in [0.5, 0.6) is 5.75 Å². The highest BCUT2D eigenvalue weighted by atomic mass is 16.5. The maximum absolute atomic E-state index is 12.5. The molecule has 1 unspecified atom stereocenters. The fourth-order valence-electron chi connectivity index (χ4n) is 3.26. The average molecular weight is 337 g/mol. The molecule has 0 saturated carbocycles. The number of nitrogens with zero attached hydrogens (tertiary/aromatic N) is 5. The topological polar surface area (TPSA) is 65.2 Å². The molecule has 1 saturated heterocycles. The van der Waals surface area contributed by atoms with Crippen LogP contribution in [0.4, 0.5) is 5.69 Å². The molecule has 1 fully saturated rings. The number of carbonyl (C=O) groups excluding carboxylic acids is 1. The van der Waals surface area contributed by atoms with E-state index in [2.05, 4.69) is 14.6 Å². The molecule has 2 aromatic heterocycles. The summed E-state index contributed by atoms with van der Waals surface area (Å²) in [7, 11) is 3.51. The molecular formula is C18H19N5O2. The van der Waals surface area contributed by atoms with E-state index in [-0.39, 0.29) is 11.9 Å². The Morgan fingerprint density at radius 1 is 1.20 bits per heavy atom. The van der Waals surface area contributed by atoms with Crippen molar-refractivity contribution in [3.8, 4) is 17.0 Å². The summed E-state index contributed by atoms with van der Waals surface area (Å²) in [6.07, 6.45) is 7.82. The molecule has 7 heteroatoms. The molecule has 7 nitrogen and oxygen atoms in total. The lowest BCUT2D eigenvalue weighted by Crippen LogP contribution is -2.24. The van der Waals surface area contributed by atoms with Gasteiger partial charge in [-0.3, -0.25) is 9.48 Å². The molecule has 0 radical (unpaired) electrons. The van der Waals surface area contributed by atoms with E-state index in [0.29, 0.717) is 13.0 Å². The van der Waals surface area contributed by atoms with E-state index >= 15 is 0 Å². The molecule has 4 rings (SSSR count). The molecule has 1 aliphatic rings. The summed E-state index contributed by atoms with van der Waals surface area (Å²) < 4.78 is 9.01. The number of rotatable bonds is 4. The highest BCUT2D eigenvalue weighted by Crippen LogP contribution is 2.32. The maximum atomic E-state index is 12.5. The van der Waals surface area contributed by atoms with Crippen LogP contribution in [0.1, 0.15) is 12.5 Å². The van der Waals surface area contributed by atoms with Crippen LogP contribution in [0.2, 0.25) is 0 Å².